The van der Waals surface area contributed by atoms with Crippen molar-refractivity contribution in [3.63, 3.8) is 0 Å². The zero-order valence-electron chi connectivity index (χ0n) is 16.0. The molecular weight excluding hydrogens is 412 g/mol. The van der Waals surface area contributed by atoms with Gasteiger partial charge < -0.3 is 44.5 Å². The van der Waals surface area contributed by atoms with Crippen molar-refractivity contribution in [2.75, 3.05) is 6.61 Å². The van der Waals surface area contributed by atoms with E-state index in [1.165, 1.54) is 24.3 Å². The number of ether oxygens (including phenoxy) is 2. The summed E-state index contributed by atoms with van der Waals surface area (Å²) in [6.07, 6.45) is -7.68. The highest BCUT2D eigenvalue weighted by molar-refractivity contribution is 5.86. The SMILES string of the molecule is O=c1cc(-c2ccc(O)cc2)oc2cc(O)cc(O[C@@H]3O[C@H](CO)[C@@H](O)[C@H](O)[C@H]3O)c12. The minimum atomic E-state index is -1.70. The lowest BCUT2D eigenvalue weighted by Gasteiger charge is -2.39. The Morgan fingerprint density at radius 2 is 1.61 bits per heavy atom. The normalized spacial score (nSPS) is 26.1. The van der Waals surface area contributed by atoms with E-state index in [0.29, 0.717) is 5.56 Å². The van der Waals surface area contributed by atoms with Gasteiger partial charge in [-0.2, -0.15) is 0 Å². The Hall–Kier alpha value is -3.15. The molecule has 2 aromatic carbocycles. The van der Waals surface area contributed by atoms with Crippen LogP contribution in [-0.2, 0) is 4.74 Å². The predicted molar refractivity (Wildman–Crippen MR) is 106 cm³/mol. The molecule has 31 heavy (non-hydrogen) atoms. The summed E-state index contributed by atoms with van der Waals surface area (Å²) >= 11 is 0. The standard InChI is InChI=1S/C21H20O10/c22-8-16-18(26)19(27)20(28)21(31-16)30-15-6-11(24)5-14-17(15)12(25)7-13(29-14)9-1-3-10(23)4-2-9/h1-7,16,18-24,26-28H,8H2/t16-,18-,19+,20-,21-/m1/s1. The van der Waals surface area contributed by atoms with Crippen molar-refractivity contribution < 1.29 is 44.5 Å². The Kier molecular flexibility index (Phi) is 5.56. The van der Waals surface area contributed by atoms with Crippen LogP contribution < -0.4 is 10.2 Å². The summed E-state index contributed by atoms with van der Waals surface area (Å²) in [4.78, 5) is 12.8. The minimum Gasteiger partial charge on any atom is -0.508 e. The molecule has 0 saturated carbocycles. The number of hydrogen-bond acceptors (Lipinski definition) is 10. The van der Waals surface area contributed by atoms with Gasteiger partial charge in [0.25, 0.3) is 0 Å². The Bertz CT molecular complexity index is 1140. The van der Waals surface area contributed by atoms with E-state index < -0.39 is 42.7 Å². The molecule has 10 nitrogen and oxygen atoms in total. The molecule has 5 atom stereocenters. The largest absolute Gasteiger partial charge is 0.508 e. The van der Waals surface area contributed by atoms with Crippen molar-refractivity contribution in [1.82, 2.24) is 0 Å². The van der Waals surface area contributed by atoms with Crippen molar-refractivity contribution in [2.45, 2.75) is 30.7 Å². The molecule has 0 bridgehead atoms. The second kappa shape index (κ2) is 8.17. The number of hydrogen-bond donors (Lipinski definition) is 6. The van der Waals surface area contributed by atoms with E-state index in [4.69, 9.17) is 13.9 Å². The zero-order valence-corrected chi connectivity index (χ0v) is 16.0. The maximum absolute atomic E-state index is 12.8. The highest BCUT2D eigenvalue weighted by Crippen LogP contribution is 2.34. The monoisotopic (exact) mass is 432 g/mol. The van der Waals surface area contributed by atoms with Gasteiger partial charge in [-0.25, -0.2) is 0 Å². The maximum atomic E-state index is 12.8. The second-order valence-corrected chi connectivity index (χ2v) is 7.15. The van der Waals surface area contributed by atoms with E-state index in [0.717, 1.165) is 6.07 Å². The van der Waals surface area contributed by atoms with Crippen molar-refractivity contribution in [3.8, 4) is 28.6 Å². The Morgan fingerprint density at radius 1 is 0.903 bits per heavy atom. The van der Waals surface area contributed by atoms with Crippen LogP contribution in [0.4, 0.5) is 0 Å². The lowest BCUT2D eigenvalue weighted by atomic mass is 9.99. The number of rotatable bonds is 4. The van der Waals surface area contributed by atoms with Gasteiger partial charge in [-0.1, -0.05) is 0 Å². The first-order valence-corrected chi connectivity index (χ1v) is 9.36. The summed E-state index contributed by atoms with van der Waals surface area (Å²) in [6, 6.07) is 9.47. The molecule has 1 aliphatic heterocycles. The van der Waals surface area contributed by atoms with Gasteiger partial charge in [0.05, 0.1) is 6.61 Å². The number of aromatic hydroxyl groups is 2. The van der Waals surface area contributed by atoms with Crippen LogP contribution in [0.3, 0.4) is 0 Å². The molecule has 4 rings (SSSR count). The average molecular weight is 432 g/mol. The molecule has 164 valence electrons. The summed E-state index contributed by atoms with van der Waals surface area (Å²) in [6.45, 7) is -0.649. The van der Waals surface area contributed by atoms with Crippen LogP contribution in [0.5, 0.6) is 17.2 Å². The van der Waals surface area contributed by atoms with Gasteiger partial charge in [0, 0.05) is 23.8 Å². The molecule has 1 aliphatic rings. The van der Waals surface area contributed by atoms with Crippen molar-refractivity contribution in [3.05, 3.63) is 52.7 Å². The van der Waals surface area contributed by atoms with E-state index in [9.17, 15) is 35.4 Å². The summed E-state index contributed by atoms with van der Waals surface area (Å²) in [5, 5.41) is 58.8. The van der Waals surface area contributed by atoms with Crippen LogP contribution in [0.25, 0.3) is 22.3 Å². The molecule has 0 radical (unpaired) electrons. The third-order valence-electron chi connectivity index (χ3n) is 5.02. The third kappa shape index (κ3) is 3.94. The number of aliphatic hydroxyl groups is 4. The van der Waals surface area contributed by atoms with E-state index >= 15 is 0 Å². The molecular formula is C21H20O10. The van der Waals surface area contributed by atoms with Gasteiger partial charge >= 0.3 is 0 Å². The summed E-state index contributed by atoms with van der Waals surface area (Å²) in [5.74, 6) is -0.273. The molecule has 0 aliphatic carbocycles. The van der Waals surface area contributed by atoms with Crippen LogP contribution in [0, 0.1) is 0 Å². The quantitative estimate of drug-likeness (QED) is 0.331. The highest BCUT2D eigenvalue weighted by Gasteiger charge is 2.45. The van der Waals surface area contributed by atoms with Crippen LogP contribution in [0.1, 0.15) is 0 Å². The van der Waals surface area contributed by atoms with E-state index in [1.54, 1.807) is 12.1 Å². The molecule has 1 fully saturated rings. The predicted octanol–water partition coefficient (Wildman–Crippen LogP) is 0.0499. The lowest BCUT2D eigenvalue weighted by molar-refractivity contribution is -0.277. The second-order valence-electron chi connectivity index (χ2n) is 7.15. The topological polar surface area (TPSA) is 170 Å². The van der Waals surface area contributed by atoms with E-state index in [-0.39, 0.29) is 34.0 Å². The van der Waals surface area contributed by atoms with Crippen LogP contribution in [0.15, 0.2) is 51.7 Å². The maximum Gasteiger partial charge on any atom is 0.229 e. The van der Waals surface area contributed by atoms with Crippen molar-refractivity contribution in [2.24, 2.45) is 0 Å². The van der Waals surface area contributed by atoms with E-state index in [2.05, 4.69) is 0 Å². The summed E-state index contributed by atoms with van der Waals surface area (Å²) in [5.41, 5.74) is -0.0318. The number of phenolic OH excluding ortho intramolecular Hbond substituents is 2. The number of aliphatic hydroxyl groups excluding tert-OH is 4. The minimum absolute atomic E-state index is 0.0184. The Labute approximate surface area is 174 Å². The molecule has 1 aromatic heterocycles. The summed E-state index contributed by atoms with van der Waals surface area (Å²) in [7, 11) is 0. The van der Waals surface area contributed by atoms with Gasteiger partial charge in [0.1, 0.15) is 58.4 Å². The first-order chi connectivity index (χ1) is 14.8. The van der Waals surface area contributed by atoms with E-state index in [1.807, 2.05) is 0 Å². The van der Waals surface area contributed by atoms with Gasteiger partial charge in [0.15, 0.2) is 5.43 Å². The molecule has 1 saturated heterocycles. The molecule has 0 spiro atoms. The number of benzene rings is 2. The Balaban J connectivity index is 1.75. The average Bonchev–Trinajstić information content (AvgIpc) is 2.74. The molecule has 10 heteroatoms. The van der Waals surface area contributed by atoms with Crippen LogP contribution in [0.2, 0.25) is 0 Å². The molecule has 3 aromatic rings. The first-order valence-electron chi connectivity index (χ1n) is 9.36. The van der Waals surface area contributed by atoms with Crippen molar-refractivity contribution in [1.29, 1.82) is 0 Å². The van der Waals surface area contributed by atoms with Crippen LogP contribution >= 0.6 is 0 Å². The van der Waals surface area contributed by atoms with Crippen LogP contribution in [-0.4, -0.2) is 68.0 Å². The fourth-order valence-corrected chi connectivity index (χ4v) is 3.39. The number of fused-ring (bicyclic) bond motifs is 1. The fourth-order valence-electron chi connectivity index (χ4n) is 3.39. The Morgan fingerprint density at radius 3 is 2.29 bits per heavy atom. The van der Waals surface area contributed by atoms with Gasteiger partial charge in [-0.15, -0.1) is 0 Å². The third-order valence-corrected chi connectivity index (χ3v) is 5.02. The summed E-state index contributed by atoms with van der Waals surface area (Å²) < 4.78 is 16.6. The van der Waals surface area contributed by atoms with Gasteiger partial charge in [-0.05, 0) is 24.3 Å². The molecule has 0 amide bonds. The van der Waals surface area contributed by atoms with Gasteiger partial charge in [0.2, 0.25) is 6.29 Å². The zero-order chi connectivity index (χ0) is 22.3. The lowest BCUT2D eigenvalue weighted by Crippen LogP contribution is -2.60. The first kappa shape index (κ1) is 21.1. The highest BCUT2D eigenvalue weighted by atomic mass is 16.7. The van der Waals surface area contributed by atoms with Crippen molar-refractivity contribution >= 4 is 11.0 Å². The number of phenols is 2. The molecule has 0 unspecified atom stereocenters. The van der Waals surface area contributed by atoms with Gasteiger partial charge in [-0.3, -0.25) is 4.79 Å². The molecule has 2 heterocycles. The smallest absolute Gasteiger partial charge is 0.229 e. The fraction of sp³-hybridized carbons (Fsp3) is 0.286. The molecule has 6 N–H and O–H groups in total.